The maximum atomic E-state index is 12.8. The van der Waals surface area contributed by atoms with Gasteiger partial charge in [-0.25, -0.2) is 4.21 Å². The number of amides is 1. The van der Waals surface area contributed by atoms with E-state index in [1.165, 1.54) is 0 Å². The van der Waals surface area contributed by atoms with Crippen LogP contribution in [0.2, 0.25) is 5.02 Å². The summed E-state index contributed by atoms with van der Waals surface area (Å²) in [6, 6.07) is 12.8. The molecule has 3 rings (SSSR count). The molecule has 2 aromatic rings. The molecule has 0 saturated carbocycles. The van der Waals surface area contributed by atoms with Gasteiger partial charge in [0, 0.05) is 48.5 Å². The van der Waals surface area contributed by atoms with Gasteiger partial charge in [0.25, 0.3) is 5.91 Å². The molecule has 144 valence electrons. The van der Waals surface area contributed by atoms with Crippen molar-refractivity contribution in [3.63, 3.8) is 0 Å². The Morgan fingerprint density at radius 2 is 1.85 bits per heavy atom. The monoisotopic (exact) mass is 406 g/mol. The zero-order valence-electron chi connectivity index (χ0n) is 15.4. The topological polar surface area (TPSA) is 58.6 Å². The normalized spacial score (nSPS) is 16.0. The quantitative estimate of drug-likeness (QED) is 0.815. The lowest BCUT2D eigenvalue weighted by Gasteiger charge is -2.32. The van der Waals surface area contributed by atoms with E-state index >= 15 is 0 Å². The van der Waals surface area contributed by atoms with Crippen LogP contribution in [0, 0.1) is 6.92 Å². The van der Waals surface area contributed by atoms with Crippen LogP contribution >= 0.6 is 11.6 Å². The predicted molar refractivity (Wildman–Crippen MR) is 110 cm³/mol. The number of carbonyl (C=O) groups is 1. The van der Waals surface area contributed by atoms with Gasteiger partial charge in [0.15, 0.2) is 0 Å². The first-order valence-electron chi connectivity index (χ1n) is 8.84. The van der Waals surface area contributed by atoms with Crippen molar-refractivity contribution in [2.45, 2.75) is 25.9 Å². The van der Waals surface area contributed by atoms with Crippen LogP contribution in [0.5, 0.6) is 5.75 Å². The highest BCUT2D eigenvalue weighted by Crippen LogP contribution is 2.23. The number of ether oxygens (including phenoxy) is 1. The molecule has 1 amide bonds. The number of benzene rings is 2. The second-order valence-corrected chi connectivity index (χ2v) is 8.20. The van der Waals surface area contributed by atoms with Gasteiger partial charge < -0.3 is 14.4 Å². The molecule has 27 heavy (non-hydrogen) atoms. The third-order valence-electron chi connectivity index (χ3n) is 4.58. The van der Waals surface area contributed by atoms with Crippen molar-refractivity contribution in [3.8, 4) is 5.75 Å². The minimum absolute atomic E-state index is 0.00937. The Bertz CT molecular complexity index is 834. The zero-order chi connectivity index (χ0) is 19.4. The smallest absolute Gasteiger partial charge is 0.253 e. The van der Waals surface area contributed by atoms with Crippen LogP contribution < -0.4 is 9.46 Å². The first-order chi connectivity index (χ1) is 12.9. The highest BCUT2D eigenvalue weighted by Gasteiger charge is 2.25. The molecule has 1 aliphatic heterocycles. The summed E-state index contributed by atoms with van der Waals surface area (Å²) in [6.45, 7) is 3.21. The molecule has 0 spiro atoms. The highest BCUT2D eigenvalue weighted by atomic mass is 35.5. The van der Waals surface area contributed by atoms with Crippen molar-refractivity contribution in [1.29, 1.82) is 0 Å². The third kappa shape index (κ3) is 5.23. The van der Waals surface area contributed by atoms with Gasteiger partial charge in [-0.05, 0) is 48.9 Å². The molecular formula is C20H23ClN2O3S. The van der Waals surface area contributed by atoms with Gasteiger partial charge in [-0.1, -0.05) is 17.7 Å². The maximum Gasteiger partial charge on any atom is 0.253 e. The van der Waals surface area contributed by atoms with Crippen LogP contribution in [0.1, 0.15) is 28.8 Å². The van der Waals surface area contributed by atoms with Crippen LogP contribution in [0.25, 0.3) is 0 Å². The number of likely N-dealkylation sites (tertiary alicyclic amines) is 1. The van der Waals surface area contributed by atoms with Crippen molar-refractivity contribution < 1.29 is 13.7 Å². The number of halogens is 1. The minimum Gasteiger partial charge on any atom is -0.490 e. The Balaban J connectivity index is 1.59. The fourth-order valence-electron chi connectivity index (χ4n) is 3.08. The van der Waals surface area contributed by atoms with Gasteiger partial charge in [-0.15, -0.1) is 0 Å². The van der Waals surface area contributed by atoms with Crippen LogP contribution in [-0.2, 0) is 11.0 Å². The molecule has 0 aromatic heterocycles. The van der Waals surface area contributed by atoms with E-state index in [2.05, 4.69) is 4.72 Å². The van der Waals surface area contributed by atoms with E-state index in [1.54, 1.807) is 12.3 Å². The number of nitrogens with one attached hydrogen (secondary N) is 1. The van der Waals surface area contributed by atoms with Crippen molar-refractivity contribution in [3.05, 3.63) is 58.6 Å². The molecule has 5 nitrogen and oxygen atoms in total. The lowest BCUT2D eigenvalue weighted by Crippen LogP contribution is -2.41. The first-order valence-corrected chi connectivity index (χ1v) is 10.8. The number of carbonyl (C=O) groups excluding carboxylic acids is 1. The van der Waals surface area contributed by atoms with Crippen LogP contribution in [0.3, 0.4) is 0 Å². The van der Waals surface area contributed by atoms with Crippen LogP contribution in [0.4, 0.5) is 5.69 Å². The van der Waals surface area contributed by atoms with Gasteiger partial charge >= 0.3 is 0 Å². The summed E-state index contributed by atoms with van der Waals surface area (Å²) in [4.78, 5) is 14.7. The molecule has 1 atom stereocenters. The summed E-state index contributed by atoms with van der Waals surface area (Å²) < 4.78 is 20.3. The standard InChI is InChI=1S/C20H23ClN2O3S/c1-14-3-4-15(13-19(14)22-27(2)25)20(24)23-11-9-18(10-12-23)26-17-7-5-16(21)6-8-17/h3-8,13,18,22H,9-12H2,1-2H3. The SMILES string of the molecule is Cc1ccc(C(=O)N2CCC(Oc3ccc(Cl)cc3)CC2)cc1NS(C)=O. The zero-order valence-corrected chi connectivity index (χ0v) is 17.0. The van der Waals surface area contributed by atoms with Crippen molar-refractivity contribution in [2.75, 3.05) is 24.1 Å². The number of hydrogen-bond acceptors (Lipinski definition) is 3. The summed E-state index contributed by atoms with van der Waals surface area (Å²) >= 11 is 5.89. The van der Waals surface area contributed by atoms with E-state index in [0.29, 0.717) is 23.7 Å². The Hall–Kier alpha value is -2.05. The molecule has 1 saturated heterocycles. The van der Waals surface area contributed by atoms with Gasteiger partial charge in [0.05, 0.1) is 0 Å². The van der Waals surface area contributed by atoms with Gasteiger partial charge in [0.2, 0.25) is 0 Å². The van der Waals surface area contributed by atoms with Crippen molar-refractivity contribution in [2.24, 2.45) is 0 Å². The minimum atomic E-state index is -1.18. The number of piperidine rings is 1. The molecule has 0 radical (unpaired) electrons. The first kappa shape index (κ1) is 19.7. The molecule has 1 heterocycles. The van der Waals surface area contributed by atoms with E-state index in [9.17, 15) is 9.00 Å². The van der Waals surface area contributed by atoms with E-state index in [0.717, 1.165) is 29.8 Å². The van der Waals surface area contributed by atoms with Crippen molar-refractivity contribution >= 4 is 34.2 Å². The lowest BCUT2D eigenvalue weighted by atomic mass is 10.0. The number of nitrogens with zero attached hydrogens (tertiary/aromatic N) is 1. The number of hydrogen-bond donors (Lipinski definition) is 1. The molecular weight excluding hydrogens is 384 g/mol. The average molecular weight is 407 g/mol. The fourth-order valence-corrected chi connectivity index (χ4v) is 3.74. The van der Waals surface area contributed by atoms with E-state index in [1.807, 2.05) is 48.2 Å². The maximum absolute atomic E-state index is 12.8. The summed E-state index contributed by atoms with van der Waals surface area (Å²) in [5, 5.41) is 0.682. The fraction of sp³-hybridized carbons (Fsp3) is 0.350. The second-order valence-electron chi connectivity index (χ2n) is 6.65. The predicted octanol–water partition coefficient (Wildman–Crippen LogP) is 4.04. The number of aryl methyl sites for hydroxylation is 1. The molecule has 0 bridgehead atoms. The molecule has 2 aromatic carbocycles. The van der Waals surface area contributed by atoms with Gasteiger partial charge in [-0.2, -0.15) is 0 Å². The summed E-state index contributed by atoms with van der Waals surface area (Å²) in [5.41, 5.74) is 2.28. The summed E-state index contributed by atoms with van der Waals surface area (Å²) in [5.74, 6) is 0.788. The van der Waals surface area contributed by atoms with Gasteiger partial charge in [-0.3, -0.25) is 4.79 Å². The molecule has 1 fully saturated rings. The van der Waals surface area contributed by atoms with Gasteiger partial charge in [0.1, 0.15) is 22.8 Å². The van der Waals surface area contributed by atoms with E-state index in [-0.39, 0.29) is 12.0 Å². The van der Waals surface area contributed by atoms with E-state index in [4.69, 9.17) is 16.3 Å². The van der Waals surface area contributed by atoms with E-state index < -0.39 is 11.0 Å². The largest absolute Gasteiger partial charge is 0.490 e. The molecule has 7 heteroatoms. The molecule has 1 unspecified atom stereocenters. The Labute approximate surface area is 167 Å². The summed E-state index contributed by atoms with van der Waals surface area (Å²) in [6.07, 6.45) is 3.22. The summed E-state index contributed by atoms with van der Waals surface area (Å²) in [7, 11) is -1.18. The van der Waals surface area contributed by atoms with Crippen LogP contribution in [0.15, 0.2) is 42.5 Å². The van der Waals surface area contributed by atoms with Crippen molar-refractivity contribution in [1.82, 2.24) is 4.90 Å². The average Bonchev–Trinajstić information content (AvgIpc) is 2.65. The Kier molecular flexibility index (Phi) is 6.39. The lowest BCUT2D eigenvalue weighted by molar-refractivity contribution is 0.0595. The van der Waals surface area contributed by atoms with Crippen LogP contribution in [-0.4, -0.2) is 40.5 Å². The third-order valence-corrected chi connectivity index (χ3v) is 5.34. The Morgan fingerprint density at radius 3 is 2.48 bits per heavy atom. The molecule has 1 aliphatic rings. The molecule has 1 N–H and O–H groups in total. The number of anilines is 1. The number of rotatable bonds is 5. The highest BCUT2D eigenvalue weighted by molar-refractivity contribution is 7.85. The Morgan fingerprint density at radius 1 is 1.19 bits per heavy atom. The molecule has 0 aliphatic carbocycles. The second kappa shape index (κ2) is 8.76.